The van der Waals surface area contributed by atoms with Crippen LogP contribution in [0.2, 0.25) is 0 Å². The van der Waals surface area contributed by atoms with E-state index in [4.69, 9.17) is 4.98 Å². The van der Waals surface area contributed by atoms with Crippen LogP contribution < -0.4 is 4.90 Å². The molecule has 1 saturated carbocycles. The van der Waals surface area contributed by atoms with Crippen LogP contribution in [0.25, 0.3) is 32.9 Å². The van der Waals surface area contributed by atoms with Crippen LogP contribution in [0.4, 0.5) is 5.82 Å². The maximum absolute atomic E-state index is 12.1. The van der Waals surface area contributed by atoms with Gasteiger partial charge in [0.25, 0.3) is 0 Å². The lowest BCUT2D eigenvalue weighted by molar-refractivity contribution is -0.136. The number of pyridine rings is 1. The minimum atomic E-state index is -0.0100. The molecule has 2 saturated heterocycles. The molecule has 7 heteroatoms. The minimum Gasteiger partial charge on any atom is -0.355 e. The summed E-state index contributed by atoms with van der Waals surface area (Å²) in [4.78, 5) is 21.4. The van der Waals surface area contributed by atoms with Crippen LogP contribution in [0.15, 0.2) is 49.2 Å². The molecule has 1 amide bonds. The fraction of sp³-hybridized carbons (Fsp3) is 0.333. The van der Waals surface area contributed by atoms with Gasteiger partial charge in [0.2, 0.25) is 5.91 Å². The Labute approximate surface area is 215 Å². The molecule has 0 atom stereocenters. The number of carbonyl (C=O) groups is 1. The Morgan fingerprint density at radius 1 is 1.19 bits per heavy atom. The normalized spacial score (nSPS) is 18.4. The third kappa shape index (κ3) is 3.36. The number of rotatable bonds is 4. The number of nitrogens with zero attached hydrogens (tertiary/aromatic N) is 5. The van der Waals surface area contributed by atoms with Crippen LogP contribution in [-0.4, -0.2) is 52.2 Å². The molecule has 4 aromatic rings. The Morgan fingerprint density at radius 2 is 2.03 bits per heavy atom. The highest BCUT2D eigenvalue weighted by Crippen LogP contribution is 2.47. The highest BCUT2D eigenvalue weighted by Gasteiger charge is 2.49. The van der Waals surface area contributed by atoms with Gasteiger partial charge in [-0.3, -0.25) is 9.89 Å². The third-order valence-electron chi connectivity index (χ3n) is 8.51. The first-order valence-electron chi connectivity index (χ1n) is 13.0. The summed E-state index contributed by atoms with van der Waals surface area (Å²) < 4.78 is 0. The predicted octanol–water partition coefficient (Wildman–Crippen LogP) is 5.06. The topological polar surface area (TPSA) is 88.9 Å². The molecular formula is C30H28N6O. The molecule has 0 bridgehead atoms. The van der Waals surface area contributed by atoms with Crippen LogP contribution in [0.1, 0.15) is 41.9 Å². The van der Waals surface area contributed by atoms with Crippen molar-refractivity contribution in [2.45, 2.75) is 32.1 Å². The van der Waals surface area contributed by atoms with Crippen molar-refractivity contribution in [3.05, 3.63) is 65.9 Å². The van der Waals surface area contributed by atoms with Gasteiger partial charge in [0.1, 0.15) is 17.5 Å². The second-order valence-electron chi connectivity index (χ2n) is 11.0. The zero-order valence-electron chi connectivity index (χ0n) is 20.9. The van der Waals surface area contributed by atoms with Gasteiger partial charge in [-0.25, -0.2) is 4.98 Å². The standard InChI is InChI=1S/C30H28N6O/c1-3-26(37)36-16-30(17-36)10-11-35(15-30)29-22(13-31)28(27-18(2)4-9-24-23(27)14-32-34-24)21-8-7-20(19-5-6-19)12-25(21)33-29/h3-4,7-9,12,14,19H,1,5-6,10-11,15-17H2,2H3,(H,32,34). The Balaban J connectivity index is 1.41. The van der Waals surface area contributed by atoms with Crippen molar-refractivity contribution in [3.8, 4) is 17.2 Å². The van der Waals surface area contributed by atoms with Crippen molar-refractivity contribution < 1.29 is 4.79 Å². The Kier molecular flexibility index (Phi) is 4.71. The van der Waals surface area contributed by atoms with Crippen molar-refractivity contribution in [3.63, 3.8) is 0 Å². The van der Waals surface area contributed by atoms with Crippen molar-refractivity contribution in [2.75, 3.05) is 31.1 Å². The fourth-order valence-electron chi connectivity index (χ4n) is 6.41. The molecular weight excluding hydrogens is 460 g/mol. The molecule has 2 aromatic carbocycles. The van der Waals surface area contributed by atoms with Crippen molar-refractivity contribution >= 4 is 33.5 Å². The highest BCUT2D eigenvalue weighted by molar-refractivity contribution is 6.08. The van der Waals surface area contributed by atoms with E-state index in [1.165, 1.54) is 24.5 Å². The van der Waals surface area contributed by atoms with Gasteiger partial charge in [0, 0.05) is 47.9 Å². The zero-order valence-corrected chi connectivity index (χ0v) is 20.9. The van der Waals surface area contributed by atoms with Crippen molar-refractivity contribution in [1.82, 2.24) is 20.1 Å². The molecule has 37 heavy (non-hydrogen) atoms. The number of likely N-dealkylation sites (tertiary alicyclic amines) is 1. The second-order valence-corrected chi connectivity index (χ2v) is 11.0. The van der Waals surface area contributed by atoms with Gasteiger partial charge in [-0.1, -0.05) is 24.8 Å². The first-order valence-corrected chi connectivity index (χ1v) is 13.0. The number of H-pyrrole nitrogens is 1. The number of aromatic nitrogens is 3. The van der Waals surface area contributed by atoms with Crippen LogP contribution in [0.3, 0.4) is 0 Å². The molecule has 7 rings (SSSR count). The molecule has 3 fully saturated rings. The van der Waals surface area contributed by atoms with Crippen LogP contribution in [-0.2, 0) is 4.79 Å². The van der Waals surface area contributed by atoms with Gasteiger partial charge in [-0.05, 0) is 67.0 Å². The van der Waals surface area contributed by atoms with E-state index in [2.05, 4.69) is 58.9 Å². The molecule has 3 aliphatic rings. The number of amides is 1. The number of benzene rings is 2. The number of aryl methyl sites for hydroxylation is 1. The molecule has 7 nitrogen and oxygen atoms in total. The van der Waals surface area contributed by atoms with Crippen LogP contribution in [0, 0.1) is 23.7 Å². The number of hydrogen-bond acceptors (Lipinski definition) is 5. The van der Waals surface area contributed by atoms with E-state index in [0.29, 0.717) is 11.5 Å². The largest absolute Gasteiger partial charge is 0.355 e. The van der Waals surface area contributed by atoms with Crippen LogP contribution in [0.5, 0.6) is 0 Å². The van der Waals surface area contributed by atoms with Crippen LogP contribution >= 0.6 is 0 Å². The summed E-state index contributed by atoms with van der Waals surface area (Å²) in [5.74, 6) is 1.36. The van der Waals surface area contributed by atoms with E-state index >= 15 is 0 Å². The Bertz CT molecular complexity index is 1650. The summed E-state index contributed by atoms with van der Waals surface area (Å²) in [5, 5.41) is 20.0. The van der Waals surface area contributed by atoms with E-state index in [0.717, 1.165) is 76.9 Å². The zero-order chi connectivity index (χ0) is 25.3. The Morgan fingerprint density at radius 3 is 2.78 bits per heavy atom. The maximum Gasteiger partial charge on any atom is 0.245 e. The first kappa shape index (κ1) is 22.1. The smallest absolute Gasteiger partial charge is 0.245 e. The number of fused-ring (bicyclic) bond motifs is 2. The predicted molar refractivity (Wildman–Crippen MR) is 144 cm³/mol. The Hall–Kier alpha value is -4.18. The van der Waals surface area contributed by atoms with Gasteiger partial charge in [0.15, 0.2) is 0 Å². The van der Waals surface area contributed by atoms with Crippen molar-refractivity contribution in [1.29, 1.82) is 5.26 Å². The molecule has 184 valence electrons. The molecule has 4 heterocycles. The molecule has 0 unspecified atom stereocenters. The molecule has 2 aromatic heterocycles. The van der Waals surface area contributed by atoms with Gasteiger partial charge >= 0.3 is 0 Å². The SMILES string of the molecule is C=CC(=O)N1CC2(CCN(c3nc4cc(C5CC5)ccc4c(-c4c(C)ccc5[nH]ncc45)c3C#N)C2)C1. The van der Waals surface area contributed by atoms with E-state index in [1.54, 1.807) is 0 Å². The average molecular weight is 489 g/mol. The number of carbonyl (C=O) groups excluding carboxylic acids is 1. The first-order chi connectivity index (χ1) is 18.0. The minimum absolute atomic E-state index is 0.0100. The lowest BCUT2D eigenvalue weighted by Crippen LogP contribution is -2.59. The van der Waals surface area contributed by atoms with Gasteiger partial charge in [0.05, 0.1) is 17.2 Å². The average Bonchev–Trinajstić information content (AvgIpc) is 3.46. The lowest BCUT2D eigenvalue weighted by atomic mass is 9.79. The molecule has 1 spiro atoms. The van der Waals surface area contributed by atoms with Gasteiger partial charge in [-0.2, -0.15) is 10.4 Å². The van der Waals surface area contributed by atoms with E-state index in [9.17, 15) is 10.1 Å². The lowest BCUT2D eigenvalue weighted by Gasteiger charge is -2.47. The summed E-state index contributed by atoms with van der Waals surface area (Å²) >= 11 is 0. The summed E-state index contributed by atoms with van der Waals surface area (Å²) in [6.45, 7) is 8.79. The fourth-order valence-corrected chi connectivity index (χ4v) is 6.41. The number of nitrogens with one attached hydrogen (secondary N) is 1. The summed E-state index contributed by atoms with van der Waals surface area (Å²) in [7, 11) is 0. The van der Waals surface area contributed by atoms with E-state index in [-0.39, 0.29) is 11.3 Å². The molecule has 0 radical (unpaired) electrons. The monoisotopic (exact) mass is 488 g/mol. The summed E-state index contributed by atoms with van der Waals surface area (Å²) in [6.07, 6.45) is 6.67. The molecule has 1 N–H and O–H groups in total. The van der Waals surface area contributed by atoms with E-state index in [1.807, 2.05) is 17.2 Å². The summed E-state index contributed by atoms with van der Waals surface area (Å²) in [6, 6.07) is 13.3. The number of nitriles is 1. The van der Waals surface area contributed by atoms with Gasteiger partial charge < -0.3 is 9.80 Å². The molecule has 2 aliphatic heterocycles. The third-order valence-corrected chi connectivity index (χ3v) is 8.51. The second kappa shape index (κ2) is 7.91. The number of anilines is 1. The summed E-state index contributed by atoms with van der Waals surface area (Å²) in [5.41, 5.74) is 6.96. The van der Waals surface area contributed by atoms with Gasteiger partial charge in [-0.15, -0.1) is 0 Å². The van der Waals surface area contributed by atoms with Crippen molar-refractivity contribution in [2.24, 2.45) is 5.41 Å². The number of hydrogen-bond donors (Lipinski definition) is 1. The maximum atomic E-state index is 12.1. The molecule has 1 aliphatic carbocycles. The quantitative estimate of drug-likeness (QED) is 0.406. The van der Waals surface area contributed by atoms with E-state index < -0.39 is 0 Å². The highest BCUT2D eigenvalue weighted by atomic mass is 16.2. The number of aromatic amines is 1.